The van der Waals surface area contributed by atoms with Crippen LogP contribution in [0.3, 0.4) is 0 Å². The van der Waals surface area contributed by atoms with Crippen LogP contribution in [0.1, 0.15) is 27.9 Å². The van der Waals surface area contributed by atoms with Gasteiger partial charge in [0.1, 0.15) is 5.69 Å². The second-order valence-corrected chi connectivity index (χ2v) is 6.44. The third-order valence-corrected chi connectivity index (χ3v) is 4.53. The number of hydrogen-bond acceptors (Lipinski definition) is 7. The molecule has 0 spiro atoms. The van der Waals surface area contributed by atoms with Gasteiger partial charge in [-0.1, -0.05) is 0 Å². The van der Waals surface area contributed by atoms with Crippen LogP contribution < -0.4 is 10.6 Å². The van der Waals surface area contributed by atoms with E-state index in [4.69, 9.17) is 4.74 Å². The summed E-state index contributed by atoms with van der Waals surface area (Å²) >= 11 is 0. The minimum absolute atomic E-state index is 0.0246. The van der Waals surface area contributed by atoms with Crippen molar-refractivity contribution >= 4 is 11.9 Å². The standard InChI is InChI=1S/C17H25N7O2/c1-11-7-12(22-17(18-2)21-11)16(25)20-9-14-15(23(3)5-6-26-14)13-8-19-10-24(13)4/h7-8,10,14-15H,5-6,9H2,1-4H3,(H,20,25)(H,18,21,22)/t14-,15-/m0/s1. The Balaban J connectivity index is 1.72. The summed E-state index contributed by atoms with van der Waals surface area (Å²) < 4.78 is 7.94. The van der Waals surface area contributed by atoms with E-state index in [0.29, 0.717) is 24.8 Å². The zero-order chi connectivity index (χ0) is 18.7. The molecule has 1 saturated heterocycles. The smallest absolute Gasteiger partial charge is 0.270 e. The number of carbonyl (C=O) groups excluding carboxylic acids is 1. The third kappa shape index (κ3) is 3.83. The Morgan fingerprint density at radius 3 is 2.88 bits per heavy atom. The van der Waals surface area contributed by atoms with Gasteiger partial charge in [0.25, 0.3) is 5.91 Å². The van der Waals surface area contributed by atoms with E-state index in [2.05, 4.69) is 37.5 Å². The number of nitrogens with one attached hydrogen (secondary N) is 2. The van der Waals surface area contributed by atoms with E-state index in [-0.39, 0.29) is 18.1 Å². The van der Waals surface area contributed by atoms with Crippen molar-refractivity contribution in [3.63, 3.8) is 0 Å². The molecule has 0 aliphatic carbocycles. The molecular formula is C17H25N7O2. The van der Waals surface area contributed by atoms with Crippen molar-refractivity contribution in [2.24, 2.45) is 7.05 Å². The van der Waals surface area contributed by atoms with Crippen molar-refractivity contribution < 1.29 is 9.53 Å². The predicted molar refractivity (Wildman–Crippen MR) is 97.0 cm³/mol. The Bertz CT molecular complexity index is 776. The minimum Gasteiger partial charge on any atom is -0.373 e. The molecule has 9 nitrogen and oxygen atoms in total. The monoisotopic (exact) mass is 359 g/mol. The molecule has 1 fully saturated rings. The first-order chi connectivity index (χ1) is 12.5. The van der Waals surface area contributed by atoms with Crippen molar-refractivity contribution in [1.29, 1.82) is 0 Å². The minimum atomic E-state index is -0.243. The van der Waals surface area contributed by atoms with Crippen molar-refractivity contribution in [3.8, 4) is 0 Å². The van der Waals surface area contributed by atoms with E-state index < -0.39 is 0 Å². The molecule has 2 aromatic heterocycles. The molecule has 3 rings (SSSR count). The molecule has 1 aliphatic rings. The molecule has 2 aromatic rings. The van der Waals surface area contributed by atoms with Crippen LogP contribution in [0.4, 0.5) is 5.95 Å². The largest absolute Gasteiger partial charge is 0.373 e. The van der Waals surface area contributed by atoms with Crippen LogP contribution in [0.5, 0.6) is 0 Å². The number of morpholine rings is 1. The lowest BCUT2D eigenvalue weighted by molar-refractivity contribution is -0.0626. The fourth-order valence-corrected chi connectivity index (χ4v) is 3.18. The lowest BCUT2D eigenvalue weighted by atomic mass is 10.0. The average molecular weight is 359 g/mol. The number of aryl methyl sites for hydroxylation is 2. The highest BCUT2D eigenvalue weighted by atomic mass is 16.5. The zero-order valence-electron chi connectivity index (χ0n) is 15.6. The first kappa shape index (κ1) is 18.3. The van der Waals surface area contributed by atoms with Gasteiger partial charge in [-0.05, 0) is 20.0 Å². The molecule has 140 valence electrons. The Morgan fingerprint density at radius 2 is 2.19 bits per heavy atom. The van der Waals surface area contributed by atoms with Crippen LogP contribution in [-0.4, -0.2) is 70.2 Å². The number of ether oxygens (including phenoxy) is 1. The number of likely N-dealkylation sites (N-methyl/N-ethyl adjacent to an activating group) is 1. The van der Waals surface area contributed by atoms with Crippen LogP contribution in [0.15, 0.2) is 18.6 Å². The Kier molecular flexibility index (Phi) is 5.48. The van der Waals surface area contributed by atoms with Gasteiger partial charge in [0, 0.05) is 39.1 Å². The first-order valence-corrected chi connectivity index (χ1v) is 8.59. The lowest BCUT2D eigenvalue weighted by Gasteiger charge is -2.39. The number of hydrogen-bond donors (Lipinski definition) is 2. The number of carbonyl (C=O) groups is 1. The molecule has 3 heterocycles. The van der Waals surface area contributed by atoms with Gasteiger partial charge >= 0.3 is 0 Å². The summed E-state index contributed by atoms with van der Waals surface area (Å²) in [6.07, 6.45) is 3.45. The van der Waals surface area contributed by atoms with Crippen LogP contribution in [-0.2, 0) is 11.8 Å². The van der Waals surface area contributed by atoms with Crippen molar-refractivity contribution in [2.45, 2.75) is 19.1 Å². The summed E-state index contributed by atoms with van der Waals surface area (Å²) in [5.74, 6) is 0.184. The predicted octanol–water partition coefficient (Wildman–Crippen LogP) is 0.362. The number of amides is 1. The zero-order valence-corrected chi connectivity index (χ0v) is 15.6. The Hall–Kier alpha value is -2.52. The summed E-state index contributed by atoms with van der Waals surface area (Å²) in [5.41, 5.74) is 2.13. The van der Waals surface area contributed by atoms with Gasteiger partial charge in [-0.3, -0.25) is 9.69 Å². The third-order valence-electron chi connectivity index (χ3n) is 4.53. The molecule has 0 unspecified atom stereocenters. The number of anilines is 1. The van der Waals surface area contributed by atoms with E-state index in [1.807, 2.05) is 24.7 Å². The highest BCUT2D eigenvalue weighted by molar-refractivity contribution is 5.92. The van der Waals surface area contributed by atoms with Gasteiger partial charge in [-0.25, -0.2) is 15.0 Å². The molecule has 0 radical (unpaired) electrons. The van der Waals surface area contributed by atoms with Crippen molar-refractivity contribution in [2.75, 3.05) is 39.1 Å². The number of aromatic nitrogens is 4. The van der Waals surface area contributed by atoms with E-state index in [1.54, 1.807) is 19.4 Å². The summed E-state index contributed by atoms with van der Waals surface area (Å²) in [6, 6.07) is 1.69. The molecule has 0 saturated carbocycles. The molecule has 0 bridgehead atoms. The fourth-order valence-electron chi connectivity index (χ4n) is 3.18. The van der Waals surface area contributed by atoms with Gasteiger partial charge in [-0.15, -0.1) is 0 Å². The maximum atomic E-state index is 12.5. The Morgan fingerprint density at radius 1 is 1.38 bits per heavy atom. The van der Waals surface area contributed by atoms with Gasteiger partial charge in [-0.2, -0.15) is 0 Å². The number of nitrogens with zero attached hydrogens (tertiary/aromatic N) is 5. The van der Waals surface area contributed by atoms with Crippen LogP contribution in [0.2, 0.25) is 0 Å². The summed E-state index contributed by atoms with van der Waals surface area (Å²) in [4.78, 5) is 27.4. The topological polar surface area (TPSA) is 97.2 Å². The van der Waals surface area contributed by atoms with Crippen LogP contribution in [0, 0.1) is 6.92 Å². The van der Waals surface area contributed by atoms with Crippen molar-refractivity contribution in [1.82, 2.24) is 29.7 Å². The molecule has 2 N–H and O–H groups in total. The fraction of sp³-hybridized carbons (Fsp3) is 0.529. The molecule has 0 aromatic carbocycles. The second-order valence-electron chi connectivity index (χ2n) is 6.44. The highest BCUT2D eigenvalue weighted by Gasteiger charge is 2.33. The van der Waals surface area contributed by atoms with Gasteiger partial charge in [0.2, 0.25) is 5.95 Å². The summed E-state index contributed by atoms with van der Waals surface area (Å²) in [7, 11) is 5.74. The maximum Gasteiger partial charge on any atom is 0.270 e. The highest BCUT2D eigenvalue weighted by Crippen LogP contribution is 2.27. The van der Waals surface area contributed by atoms with Crippen LogP contribution >= 0.6 is 0 Å². The van der Waals surface area contributed by atoms with E-state index in [1.165, 1.54) is 0 Å². The average Bonchev–Trinajstić information content (AvgIpc) is 3.04. The van der Waals surface area contributed by atoms with Gasteiger partial charge < -0.3 is 19.9 Å². The quantitative estimate of drug-likeness (QED) is 0.796. The van der Waals surface area contributed by atoms with Gasteiger partial charge in [0.15, 0.2) is 0 Å². The molecular weight excluding hydrogens is 334 g/mol. The lowest BCUT2D eigenvalue weighted by Crippen LogP contribution is -2.48. The normalized spacial score (nSPS) is 20.8. The van der Waals surface area contributed by atoms with Crippen LogP contribution in [0.25, 0.3) is 0 Å². The molecule has 26 heavy (non-hydrogen) atoms. The molecule has 1 aliphatic heterocycles. The maximum absolute atomic E-state index is 12.5. The summed E-state index contributed by atoms with van der Waals surface area (Å²) in [6.45, 7) is 3.67. The SMILES string of the molecule is CNc1nc(C)cc(C(=O)NC[C@@H]2OCCN(C)[C@H]2c2cncn2C)n1. The van der Waals surface area contributed by atoms with E-state index >= 15 is 0 Å². The Labute approximate surface area is 152 Å². The second kappa shape index (κ2) is 7.79. The van der Waals surface area contributed by atoms with E-state index in [0.717, 1.165) is 17.9 Å². The molecule has 9 heteroatoms. The van der Waals surface area contributed by atoms with Gasteiger partial charge in [0.05, 0.1) is 30.8 Å². The molecule has 2 atom stereocenters. The summed E-state index contributed by atoms with van der Waals surface area (Å²) in [5, 5.41) is 5.80. The number of rotatable bonds is 5. The first-order valence-electron chi connectivity index (χ1n) is 8.59. The number of imidazole rings is 1. The molecule has 1 amide bonds. The van der Waals surface area contributed by atoms with E-state index in [9.17, 15) is 4.79 Å². The van der Waals surface area contributed by atoms with Crippen molar-refractivity contribution in [3.05, 3.63) is 35.7 Å².